The first-order chi connectivity index (χ1) is 13.7. The largest absolute Gasteiger partial charge is 0.338 e. The summed E-state index contributed by atoms with van der Waals surface area (Å²) in [6.45, 7) is 5.77. The summed E-state index contributed by atoms with van der Waals surface area (Å²) in [6, 6.07) is 18.2. The number of amides is 1. The summed E-state index contributed by atoms with van der Waals surface area (Å²) in [5, 5.41) is 8.24. The van der Waals surface area contributed by atoms with Gasteiger partial charge in [0, 0.05) is 37.9 Å². The number of likely N-dealkylation sites (tertiary alicyclic amines) is 1. The van der Waals surface area contributed by atoms with Crippen LogP contribution in [0, 0.1) is 18.8 Å². The van der Waals surface area contributed by atoms with E-state index in [9.17, 15) is 4.79 Å². The van der Waals surface area contributed by atoms with E-state index in [0.717, 1.165) is 43.1 Å². The molecule has 0 spiro atoms. The molecule has 1 aromatic heterocycles. The molecule has 0 unspecified atom stereocenters. The van der Waals surface area contributed by atoms with Crippen molar-refractivity contribution in [1.29, 1.82) is 0 Å². The molecule has 2 aromatic carbocycles. The number of hydrogen-bond acceptors (Lipinski definition) is 3. The van der Waals surface area contributed by atoms with Gasteiger partial charge in [-0.25, -0.2) is 4.68 Å². The van der Waals surface area contributed by atoms with E-state index in [1.54, 1.807) is 0 Å². The molecule has 2 fully saturated rings. The molecule has 2 aliphatic rings. The number of aryl methyl sites for hydroxylation is 1. The van der Waals surface area contributed by atoms with Crippen molar-refractivity contribution in [3.63, 3.8) is 0 Å². The lowest BCUT2D eigenvalue weighted by atomic mass is 10.0. The first-order valence-corrected chi connectivity index (χ1v) is 9.91. The Morgan fingerprint density at radius 1 is 1.00 bits per heavy atom. The highest BCUT2D eigenvalue weighted by Crippen LogP contribution is 2.30. The molecule has 1 N–H and O–H groups in total. The van der Waals surface area contributed by atoms with Gasteiger partial charge in [0.25, 0.3) is 5.91 Å². The van der Waals surface area contributed by atoms with Crippen molar-refractivity contribution in [2.24, 2.45) is 11.8 Å². The van der Waals surface area contributed by atoms with Crippen LogP contribution in [0.2, 0.25) is 0 Å². The second-order valence-electron chi connectivity index (χ2n) is 7.93. The first-order valence-electron chi connectivity index (χ1n) is 9.91. The Bertz CT molecular complexity index is 981. The molecular formula is C23H24N4O. The fourth-order valence-corrected chi connectivity index (χ4v) is 4.36. The zero-order valence-electron chi connectivity index (χ0n) is 16.0. The normalized spacial score (nSPS) is 21.1. The van der Waals surface area contributed by atoms with Crippen molar-refractivity contribution in [2.75, 3.05) is 26.2 Å². The zero-order chi connectivity index (χ0) is 19.1. The van der Waals surface area contributed by atoms with E-state index in [-0.39, 0.29) is 5.91 Å². The number of hydrogen-bond donors (Lipinski definition) is 1. The predicted molar refractivity (Wildman–Crippen MR) is 109 cm³/mol. The fraction of sp³-hybridized carbons (Fsp3) is 0.304. The molecule has 0 radical (unpaired) electrons. The molecule has 2 aliphatic heterocycles. The Kier molecular flexibility index (Phi) is 4.24. The third kappa shape index (κ3) is 3.02. The van der Waals surface area contributed by atoms with Gasteiger partial charge in [-0.15, -0.1) is 0 Å². The Labute approximate surface area is 165 Å². The molecule has 5 nitrogen and oxygen atoms in total. The van der Waals surface area contributed by atoms with Gasteiger partial charge < -0.3 is 10.2 Å². The Morgan fingerprint density at radius 3 is 2.36 bits per heavy atom. The van der Waals surface area contributed by atoms with Crippen LogP contribution < -0.4 is 5.32 Å². The summed E-state index contributed by atoms with van der Waals surface area (Å²) < 4.78 is 1.83. The van der Waals surface area contributed by atoms with Gasteiger partial charge >= 0.3 is 0 Å². The SMILES string of the molecule is Cc1ccc(-n2cc(C(=O)N3C[C@H]4CNC[C@H]4C3)c(-c3ccccc3)n2)cc1. The van der Waals surface area contributed by atoms with Crippen molar-refractivity contribution >= 4 is 5.91 Å². The van der Waals surface area contributed by atoms with Crippen LogP contribution in [0.1, 0.15) is 15.9 Å². The number of carbonyl (C=O) groups is 1. The van der Waals surface area contributed by atoms with Gasteiger partial charge in [0.1, 0.15) is 5.69 Å². The summed E-state index contributed by atoms with van der Waals surface area (Å²) >= 11 is 0. The molecular weight excluding hydrogens is 348 g/mol. The number of rotatable bonds is 3. The lowest BCUT2D eigenvalue weighted by Gasteiger charge is -2.17. The van der Waals surface area contributed by atoms with Crippen molar-refractivity contribution in [3.05, 3.63) is 71.9 Å². The molecule has 5 heteroatoms. The molecule has 0 bridgehead atoms. The molecule has 3 heterocycles. The predicted octanol–water partition coefficient (Wildman–Crippen LogP) is 3.14. The van der Waals surface area contributed by atoms with Gasteiger partial charge in [0.15, 0.2) is 0 Å². The van der Waals surface area contributed by atoms with E-state index in [4.69, 9.17) is 5.10 Å². The molecule has 1 amide bonds. The molecule has 2 saturated heterocycles. The lowest BCUT2D eigenvalue weighted by Crippen LogP contribution is -2.32. The third-order valence-electron chi connectivity index (χ3n) is 5.97. The number of nitrogens with zero attached hydrogens (tertiary/aromatic N) is 3. The Balaban J connectivity index is 1.53. The summed E-state index contributed by atoms with van der Waals surface area (Å²) in [6.07, 6.45) is 1.89. The average Bonchev–Trinajstić information content (AvgIpc) is 3.43. The van der Waals surface area contributed by atoms with E-state index in [0.29, 0.717) is 17.4 Å². The fourth-order valence-electron chi connectivity index (χ4n) is 4.36. The van der Waals surface area contributed by atoms with Gasteiger partial charge in [-0.1, -0.05) is 48.0 Å². The Morgan fingerprint density at radius 2 is 1.68 bits per heavy atom. The minimum atomic E-state index is 0.0895. The van der Waals surface area contributed by atoms with Gasteiger partial charge in [-0.3, -0.25) is 4.79 Å². The van der Waals surface area contributed by atoms with Crippen LogP contribution in [0.3, 0.4) is 0 Å². The van der Waals surface area contributed by atoms with Crippen molar-refractivity contribution in [1.82, 2.24) is 20.0 Å². The first kappa shape index (κ1) is 17.2. The summed E-state index contributed by atoms with van der Waals surface area (Å²) in [5.74, 6) is 1.25. The van der Waals surface area contributed by atoms with Crippen LogP contribution in [0.5, 0.6) is 0 Å². The smallest absolute Gasteiger partial charge is 0.257 e. The monoisotopic (exact) mass is 372 g/mol. The standard InChI is InChI=1S/C23H24N4O/c1-16-7-9-20(10-8-16)27-15-21(22(25-27)17-5-3-2-4-6-17)23(28)26-13-18-11-24-12-19(18)14-26/h2-10,15,18-19,24H,11-14H2,1H3/t18-,19+. The second kappa shape index (κ2) is 6.91. The van der Waals surface area contributed by atoms with Gasteiger partial charge in [0.2, 0.25) is 0 Å². The highest BCUT2D eigenvalue weighted by Gasteiger charge is 2.39. The van der Waals surface area contributed by atoms with Crippen LogP contribution in [-0.4, -0.2) is 46.8 Å². The van der Waals surface area contributed by atoms with Crippen LogP contribution in [0.25, 0.3) is 16.9 Å². The molecule has 28 heavy (non-hydrogen) atoms. The van der Waals surface area contributed by atoms with Crippen LogP contribution in [0.4, 0.5) is 0 Å². The van der Waals surface area contributed by atoms with Crippen LogP contribution in [-0.2, 0) is 0 Å². The minimum Gasteiger partial charge on any atom is -0.338 e. The van der Waals surface area contributed by atoms with Gasteiger partial charge in [0.05, 0.1) is 11.3 Å². The highest BCUT2D eigenvalue weighted by atomic mass is 16.2. The number of fused-ring (bicyclic) bond motifs is 1. The van der Waals surface area contributed by atoms with Crippen molar-refractivity contribution < 1.29 is 4.79 Å². The van der Waals surface area contributed by atoms with Gasteiger partial charge in [-0.2, -0.15) is 5.10 Å². The number of benzene rings is 2. The maximum absolute atomic E-state index is 13.4. The second-order valence-corrected chi connectivity index (χ2v) is 7.93. The zero-order valence-corrected chi connectivity index (χ0v) is 16.0. The molecule has 3 aromatic rings. The number of nitrogens with one attached hydrogen (secondary N) is 1. The Hall–Kier alpha value is -2.92. The average molecular weight is 372 g/mol. The minimum absolute atomic E-state index is 0.0895. The highest BCUT2D eigenvalue weighted by molar-refractivity contribution is 6.00. The van der Waals surface area contributed by atoms with E-state index in [1.807, 2.05) is 58.2 Å². The van der Waals surface area contributed by atoms with Gasteiger partial charge in [-0.05, 0) is 30.9 Å². The molecule has 142 valence electrons. The summed E-state index contributed by atoms with van der Waals surface area (Å²) in [4.78, 5) is 15.4. The van der Waals surface area contributed by atoms with E-state index in [2.05, 4.69) is 24.4 Å². The molecule has 2 atom stereocenters. The molecule has 5 rings (SSSR count). The molecule has 0 saturated carbocycles. The quantitative estimate of drug-likeness (QED) is 0.768. The van der Waals surface area contributed by atoms with Crippen molar-refractivity contribution in [3.8, 4) is 16.9 Å². The summed E-state index contributed by atoms with van der Waals surface area (Å²) in [5.41, 5.74) is 4.57. The van der Waals surface area contributed by atoms with E-state index in [1.165, 1.54) is 5.56 Å². The number of carbonyl (C=O) groups excluding carboxylic acids is 1. The maximum atomic E-state index is 13.4. The van der Waals surface area contributed by atoms with Crippen LogP contribution in [0.15, 0.2) is 60.8 Å². The maximum Gasteiger partial charge on any atom is 0.257 e. The van der Waals surface area contributed by atoms with E-state index < -0.39 is 0 Å². The van der Waals surface area contributed by atoms with Crippen LogP contribution >= 0.6 is 0 Å². The third-order valence-corrected chi connectivity index (χ3v) is 5.97. The lowest BCUT2D eigenvalue weighted by molar-refractivity contribution is 0.0782. The topological polar surface area (TPSA) is 50.2 Å². The molecule has 0 aliphatic carbocycles. The van der Waals surface area contributed by atoms with Crippen molar-refractivity contribution in [2.45, 2.75) is 6.92 Å². The number of aromatic nitrogens is 2. The van der Waals surface area contributed by atoms with E-state index >= 15 is 0 Å². The summed E-state index contributed by atoms with van der Waals surface area (Å²) in [7, 11) is 0.